The minimum atomic E-state index is -1.08. The second-order valence-corrected chi connectivity index (χ2v) is 6.48. The molecule has 1 amide bonds. The highest BCUT2D eigenvalue weighted by Gasteiger charge is 2.18. The van der Waals surface area contributed by atoms with Crippen molar-refractivity contribution >= 4 is 23.3 Å². The molecule has 0 aliphatic carbocycles. The van der Waals surface area contributed by atoms with Gasteiger partial charge < -0.3 is 25.0 Å². The van der Waals surface area contributed by atoms with Crippen molar-refractivity contribution in [3.63, 3.8) is 0 Å². The first-order valence-electron chi connectivity index (χ1n) is 8.81. The highest BCUT2D eigenvalue weighted by molar-refractivity contribution is 6.01. The Morgan fingerprint density at radius 3 is 2.44 bits per heavy atom. The molecule has 142 valence electrons. The van der Waals surface area contributed by atoms with Gasteiger partial charge in [-0.1, -0.05) is 18.2 Å². The van der Waals surface area contributed by atoms with Gasteiger partial charge in [0, 0.05) is 31.9 Å². The average Bonchev–Trinajstić information content (AvgIpc) is 2.68. The Labute approximate surface area is 158 Å². The van der Waals surface area contributed by atoms with E-state index in [0.717, 1.165) is 31.9 Å². The fourth-order valence-electron chi connectivity index (χ4n) is 2.93. The third kappa shape index (κ3) is 4.98. The summed E-state index contributed by atoms with van der Waals surface area (Å²) in [6.45, 7) is 3.34. The number of benzene rings is 2. The molecule has 0 radical (unpaired) electrons. The number of hydrogen-bond donors (Lipinski definition) is 2. The highest BCUT2D eigenvalue weighted by atomic mass is 16.5. The maximum Gasteiger partial charge on any atom is 0.337 e. The van der Waals surface area contributed by atoms with E-state index in [-0.39, 0.29) is 17.9 Å². The van der Waals surface area contributed by atoms with E-state index in [9.17, 15) is 14.7 Å². The molecular formula is C20H23N3O4. The van der Waals surface area contributed by atoms with Gasteiger partial charge in [0.2, 0.25) is 0 Å². The van der Waals surface area contributed by atoms with Crippen LogP contribution in [0, 0.1) is 0 Å². The average molecular weight is 369 g/mol. The monoisotopic (exact) mass is 369 g/mol. The number of anilines is 2. The van der Waals surface area contributed by atoms with E-state index in [4.69, 9.17) is 4.74 Å². The molecule has 1 saturated heterocycles. The van der Waals surface area contributed by atoms with Crippen LogP contribution in [0.15, 0.2) is 48.5 Å². The van der Waals surface area contributed by atoms with Crippen molar-refractivity contribution in [2.45, 2.75) is 0 Å². The lowest BCUT2D eigenvalue weighted by Crippen LogP contribution is -2.44. The van der Waals surface area contributed by atoms with Crippen LogP contribution in [0.3, 0.4) is 0 Å². The van der Waals surface area contributed by atoms with Crippen LogP contribution >= 0.6 is 0 Å². The van der Waals surface area contributed by atoms with E-state index in [1.54, 1.807) is 24.3 Å². The summed E-state index contributed by atoms with van der Waals surface area (Å²) in [5.74, 6) is -0.907. The number of carbonyl (C=O) groups is 2. The van der Waals surface area contributed by atoms with Crippen LogP contribution in [0.25, 0.3) is 0 Å². The van der Waals surface area contributed by atoms with E-state index < -0.39 is 11.9 Å². The molecule has 0 spiro atoms. The lowest BCUT2D eigenvalue weighted by Gasteiger charge is -2.34. The summed E-state index contributed by atoms with van der Waals surface area (Å²) in [4.78, 5) is 28.2. The van der Waals surface area contributed by atoms with Gasteiger partial charge in [0.1, 0.15) is 5.75 Å². The van der Waals surface area contributed by atoms with Gasteiger partial charge in [-0.3, -0.25) is 4.79 Å². The molecule has 2 aromatic rings. The van der Waals surface area contributed by atoms with Crippen LogP contribution < -0.4 is 15.0 Å². The Bertz CT molecular complexity index is 802. The molecular weight excluding hydrogens is 346 g/mol. The summed E-state index contributed by atoms with van der Waals surface area (Å²) in [5.41, 5.74) is 1.18. The number of rotatable bonds is 6. The SMILES string of the molecule is CN1CCN(c2ccc(NC(=O)COc3ccccc3)c(C(=O)O)c2)CC1. The predicted octanol–water partition coefficient (Wildman–Crippen LogP) is 2.15. The van der Waals surface area contributed by atoms with Crippen LogP contribution in [0.2, 0.25) is 0 Å². The molecule has 2 aromatic carbocycles. The Morgan fingerprint density at radius 2 is 1.78 bits per heavy atom. The number of para-hydroxylation sites is 1. The molecule has 1 aliphatic rings. The topological polar surface area (TPSA) is 82.1 Å². The zero-order valence-corrected chi connectivity index (χ0v) is 15.2. The Balaban J connectivity index is 1.67. The van der Waals surface area contributed by atoms with Crippen molar-refractivity contribution < 1.29 is 19.4 Å². The maximum atomic E-state index is 12.1. The molecule has 27 heavy (non-hydrogen) atoms. The lowest BCUT2D eigenvalue weighted by molar-refractivity contribution is -0.118. The van der Waals surface area contributed by atoms with Crippen LogP contribution in [0.1, 0.15) is 10.4 Å². The van der Waals surface area contributed by atoms with Gasteiger partial charge in [-0.15, -0.1) is 0 Å². The molecule has 1 heterocycles. The van der Waals surface area contributed by atoms with Crippen molar-refractivity contribution in [3.8, 4) is 5.75 Å². The van der Waals surface area contributed by atoms with Gasteiger partial charge in [0.05, 0.1) is 11.3 Å². The van der Waals surface area contributed by atoms with E-state index in [1.165, 1.54) is 0 Å². The van der Waals surface area contributed by atoms with E-state index in [2.05, 4.69) is 22.2 Å². The molecule has 7 nitrogen and oxygen atoms in total. The zero-order valence-electron chi connectivity index (χ0n) is 15.2. The van der Waals surface area contributed by atoms with Crippen molar-refractivity contribution in [1.82, 2.24) is 4.90 Å². The Hall–Kier alpha value is -3.06. The first-order valence-corrected chi connectivity index (χ1v) is 8.81. The largest absolute Gasteiger partial charge is 0.484 e. The first-order chi connectivity index (χ1) is 13.0. The number of carbonyl (C=O) groups excluding carboxylic acids is 1. The number of hydrogen-bond acceptors (Lipinski definition) is 5. The summed E-state index contributed by atoms with van der Waals surface area (Å²) in [6.07, 6.45) is 0. The molecule has 3 rings (SSSR count). The fraction of sp³-hybridized carbons (Fsp3) is 0.300. The number of nitrogens with zero attached hydrogens (tertiary/aromatic N) is 2. The van der Waals surface area contributed by atoms with Crippen molar-refractivity contribution in [1.29, 1.82) is 0 Å². The summed E-state index contributed by atoms with van der Waals surface area (Å²) in [6, 6.07) is 14.1. The number of piperazine rings is 1. The first kappa shape index (κ1) is 18.7. The summed E-state index contributed by atoms with van der Waals surface area (Å²) >= 11 is 0. The lowest BCUT2D eigenvalue weighted by atomic mass is 10.1. The van der Waals surface area contributed by atoms with Crippen LogP contribution in [0.4, 0.5) is 11.4 Å². The molecule has 0 bridgehead atoms. The number of amides is 1. The fourth-order valence-corrected chi connectivity index (χ4v) is 2.93. The molecule has 7 heteroatoms. The number of likely N-dealkylation sites (N-methyl/N-ethyl adjacent to an activating group) is 1. The van der Waals surface area contributed by atoms with Crippen LogP contribution in [-0.2, 0) is 4.79 Å². The molecule has 2 N–H and O–H groups in total. The zero-order chi connectivity index (χ0) is 19.2. The molecule has 0 aromatic heterocycles. The molecule has 0 saturated carbocycles. The van der Waals surface area contributed by atoms with Crippen molar-refractivity contribution in [3.05, 3.63) is 54.1 Å². The minimum absolute atomic E-state index is 0.0690. The van der Waals surface area contributed by atoms with Gasteiger partial charge in [-0.2, -0.15) is 0 Å². The quantitative estimate of drug-likeness (QED) is 0.812. The summed E-state index contributed by atoms with van der Waals surface area (Å²) in [5, 5.41) is 12.2. The van der Waals surface area contributed by atoms with Gasteiger partial charge in [-0.25, -0.2) is 4.79 Å². The van der Waals surface area contributed by atoms with E-state index in [1.807, 2.05) is 24.3 Å². The van der Waals surface area contributed by atoms with Crippen molar-refractivity contribution in [2.75, 3.05) is 50.1 Å². The third-order valence-electron chi connectivity index (χ3n) is 4.49. The Kier molecular flexibility index (Phi) is 5.93. The van der Waals surface area contributed by atoms with Crippen molar-refractivity contribution in [2.24, 2.45) is 0 Å². The number of nitrogens with one attached hydrogen (secondary N) is 1. The predicted molar refractivity (Wildman–Crippen MR) is 104 cm³/mol. The van der Waals surface area contributed by atoms with E-state index in [0.29, 0.717) is 5.75 Å². The number of carboxylic acids is 1. The maximum absolute atomic E-state index is 12.1. The van der Waals surface area contributed by atoms with Gasteiger partial charge in [-0.05, 0) is 37.4 Å². The summed E-state index contributed by atoms with van der Waals surface area (Å²) < 4.78 is 5.40. The third-order valence-corrected chi connectivity index (χ3v) is 4.49. The smallest absolute Gasteiger partial charge is 0.337 e. The van der Waals surface area contributed by atoms with Crippen LogP contribution in [0.5, 0.6) is 5.75 Å². The second-order valence-electron chi connectivity index (χ2n) is 6.48. The molecule has 0 atom stereocenters. The van der Waals surface area contributed by atoms with Crippen LogP contribution in [-0.4, -0.2) is 61.7 Å². The van der Waals surface area contributed by atoms with Gasteiger partial charge >= 0.3 is 5.97 Å². The van der Waals surface area contributed by atoms with Gasteiger partial charge in [0.15, 0.2) is 6.61 Å². The standard InChI is InChI=1S/C20H23N3O4/c1-22-9-11-23(12-10-22)15-7-8-18(17(13-15)20(25)26)21-19(24)14-27-16-5-3-2-4-6-16/h2-8,13H,9-12,14H2,1H3,(H,21,24)(H,25,26). The number of carboxylic acid groups (broad SMARTS) is 1. The normalized spacial score (nSPS) is 14.6. The van der Waals surface area contributed by atoms with E-state index >= 15 is 0 Å². The second kappa shape index (κ2) is 8.55. The Morgan fingerprint density at radius 1 is 1.07 bits per heavy atom. The number of ether oxygens (including phenoxy) is 1. The van der Waals surface area contributed by atoms with Gasteiger partial charge in [0.25, 0.3) is 5.91 Å². The molecule has 1 fully saturated rings. The molecule has 0 unspecified atom stereocenters. The molecule has 1 aliphatic heterocycles. The number of aromatic carboxylic acids is 1. The highest BCUT2D eigenvalue weighted by Crippen LogP contribution is 2.24. The minimum Gasteiger partial charge on any atom is -0.484 e. The summed E-state index contributed by atoms with van der Waals surface area (Å²) in [7, 11) is 2.07.